The first-order valence-electron chi connectivity index (χ1n) is 5.07. The molecular formula is C10H17NO. The van der Waals surface area contributed by atoms with Crippen molar-refractivity contribution in [2.24, 2.45) is 5.92 Å². The second-order valence-corrected chi connectivity index (χ2v) is 5.52. The van der Waals surface area contributed by atoms with E-state index < -0.39 is 0 Å². The number of hydrogen-bond donors (Lipinski definition) is 2. The molecule has 0 aromatic heterocycles. The zero-order valence-corrected chi connectivity index (χ0v) is 7.64. The highest BCUT2D eigenvalue weighted by atomic mass is 16.3. The Bertz CT molecular complexity index is 192. The Labute approximate surface area is 73.4 Å². The maximum atomic E-state index is 10.2. The van der Waals surface area contributed by atoms with Crippen LogP contribution in [0.3, 0.4) is 0 Å². The summed E-state index contributed by atoms with van der Waals surface area (Å²) >= 11 is 0. The van der Waals surface area contributed by atoms with Gasteiger partial charge in [-0.15, -0.1) is 0 Å². The molecule has 0 aromatic carbocycles. The Morgan fingerprint density at radius 1 is 1.33 bits per heavy atom. The number of piperidine rings is 2. The van der Waals surface area contributed by atoms with Gasteiger partial charge < -0.3 is 10.4 Å². The van der Waals surface area contributed by atoms with Crippen LogP contribution in [0, 0.1) is 5.92 Å². The summed E-state index contributed by atoms with van der Waals surface area (Å²) in [6, 6.07) is 0.612. The normalized spacial score (nSPS) is 62.5. The molecule has 4 rings (SSSR count). The second-order valence-electron chi connectivity index (χ2n) is 5.52. The van der Waals surface area contributed by atoms with Crippen molar-refractivity contribution in [1.29, 1.82) is 0 Å². The Kier molecular flexibility index (Phi) is 1.15. The van der Waals surface area contributed by atoms with Crippen molar-refractivity contribution in [3.63, 3.8) is 0 Å². The summed E-state index contributed by atoms with van der Waals surface area (Å²) in [6.45, 7) is 2.27. The SMILES string of the molecule is CC12CC3CC(CC(O)(C3)C1)N2. The Balaban J connectivity index is 1.98. The van der Waals surface area contributed by atoms with Gasteiger partial charge in [-0.2, -0.15) is 0 Å². The highest BCUT2D eigenvalue weighted by molar-refractivity contribution is 5.12. The molecule has 0 spiro atoms. The average Bonchev–Trinajstić information content (AvgIpc) is 1.75. The van der Waals surface area contributed by atoms with Crippen molar-refractivity contribution < 1.29 is 5.11 Å². The van der Waals surface area contributed by atoms with Crippen LogP contribution in [0.15, 0.2) is 0 Å². The third-order valence-electron chi connectivity index (χ3n) is 3.92. The van der Waals surface area contributed by atoms with Crippen molar-refractivity contribution in [2.45, 2.75) is 56.2 Å². The predicted molar refractivity (Wildman–Crippen MR) is 46.9 cm³/mol. The zero-order valence-electron chi connectivity index (χ0n) is 7.64. The maximum Gasteiger partial charge on any atom is 0.0682 e. The molecular weight excluding hydrogens is 150 g/mol. The van der Waals surface area contributed by atoms with Crippen molar-refractivity contribution in [3.8, 4) is 0 Å². The smallest absolute Gasteiger partial charge is 0.0682 e. The van der Waals surface area contributed by atoms with Crippen LogP contribution in [0.25, 0.3) is 0 Å². The first kappa shape index (κ1) is 7.34. The van der Waals surface area contributed by atoms with E-state index >= 15 is 0 Å². The van der Waals surface area contributed by atoms with E-state index in [0.29, 0.717) is 6.04 Å². The third-order valence-corrected chi connectivity index (χ3v) is 3.92. The van der Waals surface area contributed by atoms with Crippen LogP contribution in [0.5, 0.6) is 0 Å². The van der Waals surface area contributed by atoms with Gasteiger partial charge >= 0.3 is 0 Å². The lowest BCUT2D eigenvalue weighted by atomic mass is 9.57. The van der Waals surface area contributed by atoms with Crippen molar-refractivity contribution in [2.75, 3.05) is 0 Å². The first-order valence-corrected chi connectivity index (χ1v) is 5.07. The lowest BCUT2D eigenvalue weighted by Crippen LogP contribution is -2.68. The van der Waals surface area contributed by atoms with E-state index in [2.05, 4.69) is 12.2 Å². The van der Waals surface area contributed by atoms with Crippen LogP contribution in [-0.4, -0.2) is 22.3 Å². The largest absolute Gasteiger partial charge is 0.390 e. The van der Waals surface area contributed by atoms with Gasteiger partial charge in [0.1, 0.15) is 0 Å². The summed E-state index contributed by atoms with van der Waals surface area (Å²) in [5.74, 6) is 0.800. The van der Waals surface area contributed by atoms with Crippen molar-refractivity contribution >= 4 is 0 Å². The van der Waals surface area contributed by atoms with Crippen molar-refractivity contribution in [3.05, 3.63) is 0 Å². The first-order chi connectivity index (χ1) is 5.57. The van der Waals surface area contributed by atoms with E-state index in [9.17, 15) is 5.11 Å². The highest BCUT2D eigenvalue weighted by Crippen LogP contribution is 2.51. The molecule has 4 atom stereocenters. The standard InChI is InChI=1S/C10H17NO/c1-9-3-7-2-8(11-9)5-10(12,4-7)6-9/h7-8,11-12H,2-6H2,1H3. The molecule has 68 valence electrons. The van der Waals surface area contributed by atoms with E-state index in [1.54, 1.807) is 0 Å². The monoisotopic (exact) mass is 167 g/mol. The topological polar surface area (TPSA) is 32.3 Å². The number of rotatable bonds is 0. The van der Waals surface area contributed by atoms with E-state index in [-0.39, 0.29) is 11.1 Å². The Hall–Kier alpha value is -0.0800. The molecule has 2 aliphatic heterocycles. The molecule has 4 unspecified atom stereocenters. The van der Waals surface area contributed by atoms with Gasteiger partial charge in [-0.1, -0.05) is 0 Å². The van der Waals surface area contributed by atoms with Crippen LogP contribution in [0.4, 0.5) is 0 Å². The molecule has 2 N–H and O–H groups in total. The molecule has 0 aromatic rings. The fourth-order valence-electron chi connectivity index (χ4n) is 4.10. The molecule has 2 heterocycles. The molecule has 2 aliphatic carbocycles. The van der Waals surface area contributed by atoms with Gasteiger partial charge in [0.2, 0.25) is 0 Å². The molecule has 2 nitrogen and oxygen atoms in total. The number of nitrogens with one attached hydrogen (secondary N) is 1. The molecule has 0 amide bonds. The number of hydrogen-bond acceptors (Lipinski definition) is 2. The lowest BCUT2D eigenvalue weighted by Gasteiger charge is -2.59. The van der Waals surface area contributed by atoms with Crippen LogP contribution in [-0.2, 0) is 0 Å². The van der Waals surface area contributed by atoms with Crippen molar-refractivity contribution in [1.82, 2.24) is 5.32 Å². The third kappa shape index (κ3) is 0.882. The average molecular weight is 167 g/mol. The summed E-state index contributed by atoms with van der Waals surface area (Å²) in [5.41, 5.74) is -0.0370. The minimum atomic E-state index is -0.300. The van der Waals surface area contributed by atoms with Gasteiger partial charge in [-0.3, -0.25) is 0 Å². The van der Waals surface area contributed by atoms with Crippen LogP contribution < -0.4 is 5.32 Å². The molecule has 2 heteroatoms. The summed E-state index contributed by atoms with van der Waals surface area (Å²) in [4.78, 5) is 0. The van der Waals surface area contributed by atoms with E-state index in [1.807, 2.05) is 0 Å². The predicted octanol–water partition coefficient (Wildman–Crippen LogP) is 1.04. The fourth-order valence-corrected chi connectivity index (χ4v) is 4.10. The van der Waals surface area contributed by atoms with Crippen LogP contribution in [0.1, 0.15) is 39.0 Å². The van der Waals surface area contributed by atoms with Gasteiger partial charge in [0.05, 0.1) is 5.60 Å². The lowest BCUT2D eigenvalue weighted by molar-refractivity contribution is -0.126. The Morgan fingerprint density at radius 3 is 2.75 bits per heavy atom. The van der Waals surface area contributed by atoms with Crippen LogP contribution in [0.2, 0.25) is 0 Å². The van der Waals surface area contributed by atoms with Gasteiger partial charge in [-0.25, -0.2) is 0 Å². The molecule has 4 aliphatic rings. The van der Waals surface area contributed by atoms with E-state index in [4.69, 9.17) is 0 Å². The molecule has 4 fully saturated rings. The van der Waals surface area contributed by atoms with Gasteiger partial charge in [0, 0.05) is 11.6 Å². The van der Waals surface area contributed by atoms with E-state index in [0.717, 1.165) is 25.2 Å². The Morgan fingerprint density at radius 2 is 2.17 bits per heavy atom. The summed E-state index contributed by atoms with van der Waals surface area (Å²) in [6.07, 6.45) is 5.64. The summed E-state index contributed by atoms with van der Waals surface area (Å²) in [7, 11) is 0. The zero-order chi connectivity index (χ0) is 8.40. The second kappa shape index (κ2) is 1.88. The minimum absolute atomic E-state index is 0.263. The van der Waals surface area contributed by atoms with Gasteiger partial charge in [0.25, 0.3) is 0 Å². The fraction of sp³-hybridized carbons (Fsp3) is 1.00. The van der Waals surface area contributed by atoms with Gasteiger partial charge in [0.15, 0.2) is 0 Å². The maximum absolute atomic E-state index is 10.2. The number of aliphatic hydroxyl groups is 1. The molecule has 0 radical (unpaired) electrons. The van der Waals surface area contributed by atoms with Crippen LogP contribution >= 0.6 is 0 Å². The van der Waals surface area contributed by atoms with E-state index in [1.165, 1.54) is 12.8 Å². The molecule has 4 bridgehead atoms. The minimum Gasteiger partial charge on any atom is -0.390 e. The quantitative estimate of drug-likeness (QED) is 0.565. The highest BCUT2D eigenvalue weighted by Gasteiger charge is 2.54. The summed E-state index contributed by atoms with van der Waals surface area (Å²) < 4.78 is 0. The summed E-state index contributed by atoms with van der Waals surface area (Å²) in [5, 5.41) is 13.9. The molecule has 2 saturated carbocycles. The molecule has 2 saturated heterocycles. The van der Waals surface area contributed by atoms with Gasteiger partial charge in [-0.05, 0) is 44.9 Å². The molecule has 12 heavy (non-hydrogen) atoms.